The molecule has 0 saturated heterocycles. The first kappa shape index (κ1) is 14.3. The first-order valence-electron chi connectivity index (χ1n) is 6.23. The van der Waals surface area contributed by atoms with Gasteiger partial charge in [-0.2, -0.15) is 0 Å². The fourth-order valence-electron chi connectivity index (χ4n) is 2.10. The largest absolute Gasteiger partial charge is 0.479 e. The van der Waals surface area contributed by atoms with Crippen molar-refractivity contribution in [1.29, 1.82) is 0 Å². The second kappa shape index (κ2) is 5.87. The van der Waals surface area contributed by atoms with Crippen molar-refractivity contribution in [3.05, 3.63) is 29.6 Å². The first-order valence-corrected chi connectivity index (χ1v) is 6.23. The number of carboxylic acid groups (broad SMARTS) is 1. The van der Waals surface area contributed by atoms with E-state index in [9.17, 15) is 14.0 Å². The highest BCUT2D eigenvalue weighted by Crippen LogP contribution is 2.28. The summed E-state index contributed by atoms with van der Waals surface area (Å²) in [6, 6.07) is 3.87. The van der Waals surface area contributed by atoms with Crippen molar-refractivity contribution in [3.63, 3.8) is 0 Å². The van der Waals surface area contributed by atoms with Crippen LogP contribution in [-0.2, 0) is 11.2 Å². The Hall–Kier alpha value is -2.15. The van der Waals surface area contributed by atoms with Gasteiger partial charge in [-0.25, -0.2) is 14.0 Å². The maximum atomic E-state index is 13.2. The minimum absolute atomic E-state index is 0.0352. The Morgan fingerprint density at radius 2 is 2.20 bits per heavy atom. The van der Waals surface area contributed by atoms with Gasteiger partial charge in [-0.05, 0) is 24.1 Å². The van der Waals surface area contributed by atoms with Gasteiger partial charge in [0.1, 0.15) is 5.82 Å². The van der Waals surface area contributed by atoms with Crippen molar-refractivity contribution >= 4 is 17.7 Å². The van der Waals surface area contributed by atoms with E-state index in [0.717, 1.165) is 5.56 Å². The summed E-state index contributed by atoms with van der Waals surface area (Å²) >= 11 is 0. The van der Waals surface area contributed by atoms with Crippen LogP contribution in [0, 0.1) is 5.82 Å². The number of nitrogens with zero attached hydrogens (tertiary/aromatic N) is 1. The third-order valence-electron chi connectivity index (χ3n) is 3.17. The number of aliphatic carboxylic acids is 1. The van der Waals surface area contributed by atoms with E-state index in [2.05, 4.69) is 5.32 Å². The number of aliphatic hydroxyl groups is 1. The van der Waals surface area contributed by atoms with Crippen LogP contribution >= 0.6 is 0 Å². The number of halogens is 1. The van der Waals surface area contributed by atoms with E-state index in [4.69, 9.17) is 10.2 Å². The predicted octanol–water partition coefficient (Wildman–Crippen LogP) is 0.733. The number of hydrogen-bond donors (Lipinski definition) is 3. The zero-order valence-electron chi connectivity index (χ0n) is 10.7. The summed E-state index contributed by atoms with van der Waals surface area (Å²) in [4.78, 5) is 23.8. The molecule has 6 nitrogen and oxygen atoms in total. The van der Waals surface area contributed by atoms with Crippen molar-refractivity contribution in [1.82, 2.24) is 5.32 Å². The Kier molecular flexibility index (Phi) is 4.19. The number of hydrogen-bond acceptors (Lipinski definition) is 3. The van der Waals surface area contributed by atoms with Gasteiger partial charge in [0, 0.05) is 19.5 Å². The van der Waals surface area contributed by atoms with Gasteiger partial charge in [-0.3, -0.25) is 4.90 Å². The molecule has 0 fully saturated rings. The van der Waals surface area contributed by atoms with Crippen LogP contribution in [0.25, 0.3) is 0 Å². The number of aliphatic hydroxyl groups excluding tert-OH is 1. The molecule has 108 valence electrons. The van der Waals surface area contributed by atoms with E-state index in [-0.39, 0.29) is 13.0 Å². The number of fused-ring (bicyclic) bond motifs is 1. The maximum Gasteiger partial charge on any atom is 0.332 e. The summed E-state index contributed by atoms with van der Waals surface area (Å²) in [5.74, 6) is -1.74. The van der Waals surface area contributed by atoms with E-state index >= 15 is 0 Å². The van der Waals surface area contributed by atoms with Crippen molar-refractivity contribution in [3.8, 4) is 0 Å². The highest BCUT2D eigenvalue weighted by atomic mass is 19.1. The van der Waals surface area contributed by atoms with E-state index in [1.54, 1.807) is 6.07 Å². The van der Waals surface area contributed by atoms with Crippen LogP contribution in [0.1, 0.15) is 12.0 Å². The van der Waals surface area contributed by atoms with Gasteiger partial charge in [0.05, 0.1) is 5.69 Å². The number of amides is 2. The van der Waals surface area contributed by atoms with Gasteiger partial charge in [-0.1, -0.05) is 6.07 Å². The number of carboxylic acids is 1. The van der Waals surface area contributed by atoms with Crippen molar-refractivity contribution in [2.75, 3.05) is 18.0 Å². The molecule has 0 radical (unpaired) electrons. The standard InChI is InChI=1S/C13H15FN2O4/c14-9-2-1-8-4-6-16(10(8)7-9)13(20)15-5-3-11(17)12(18)19/h1-2,7,11,17H,3-6H2,(H,15,20)(H,18,19)/t11-/m0/s1. The lowest BCUT2D eigenvalue weighted by Gasteiger charge is -2.18. The molecule has 0 bridgehead atoms. The number of carbonyl (C=O) groups is 2. The summed E-state index contributed by atoms with van der Waals surface area (Å²) in [5, 5.41) is 20.1. The summed E-state index contributed by atoms with van der Waals surface area (Å²) in [7, 11) is 0. The molecule has 1 atom stereocenters. The quantitative estimate of drug-likeness (QED) is 0.759. The molecule has 0 unspecified atom stereocenters. The molecular formula is C13H15FN2O4. The topological polar surface area (TPSA) is 89.9 Å². The molecule has 2 rings (SSSR count). The second-order valence-corrected chi connectivity index (χ2v) is 4.55. The SMILES string of the molecule is O=C(O)[C@@H](O)CCNC(=O)N1CCc2ccc(F)cc21. The molecule has 0 aliphatic carbocycles. The van der Waals surface area contributed by atoms with E-state index in [1.807, 2.05) is 0 Å². The molecular weight excluding hydrogens is 267 g/mol. The summed E-state index contributed by atoms with van der Waals surface area (Å²) < 4.78 is 13.2. The van der Waals surface area contributed by atoms with Gasteiger partial charge < -0.3 is 15.5 Å². The second-order valence-electron chi connectivity index (χ2n) is 4.55. The summed E-state index contributed by atoms with van der Waals surface area (Å²) in [5.41, 5.74) is 1.42. The van der Waals surface area contributed by atoms with Gasteiger partial charge in [-0.15, -0.1) is 0 Å². The van der Waals surface area contributed by atoms with Gasteiger partial charge >= 0.3 is 12.0 Å². The highest BCUT2D eigenvalue weighted by molar-refractivity contribution is 5.94. The highest BCUT2D eigenvalue weighted by Gasteiger charge is 2.25. The van der Waals surface area contributed by atoms with Crippen LogP contribution in [0.3, 0.4) is 0 Å². The van der Waals surface area contributed by atoms with Gasteiger partial charge in [0.25, 0.3) is 0 Å². The average Bonchev–Trinajstić information content (AvgIpc) is 2.81. The zero-order valence-corrected chi connectivity index (χ0v) is 10.7. The lowest BCUT2D eigenvalue weighted by Crippen LogP contribution is -2.40. The number of rotatable bonds is 4. The molecule has 1 aromatic rings. The van der Waals surface area contributed by atoms with Gasteiger partial charge in [0.2, 0.25) is 0 Å². The number of urea groups is 1. The molecule has 1 aromatic carbocycles. The molecule has 3 N–H and O–H groups in total. The number of benzene rings is 1. The van der Waals surface area contributed by atoms with Crippen LogP contribution in [0.15, 0.2) is 18.2 Å². The van der Waals surface area contributed by atoms with E-state index in [0.29, 0.717) is 18.7 Å². The minimum atomic E-state index is -1.50. The monoisotopic (exact) mass is 282 g/mol. The molecule has 7 heteroatoms. The Labute approximate surface area is 114 Å². The summed E-state index contributed by atoms with van der Waals surface area (Å²) in [6.07, 6.45) is -0.926. The Balaban J connectivity index is 1.92. The first-order chi connectivity index (χ1) is 9.49. The Morgan fingerprint density at radius 1 is 1.45 bits per heavy atom. The lowest BCUT2D eigenvalue weighted by atomic mass is 10.2. The maximum absolute atomic E-state index is 13.2. The van der Waals surface area contributed by atoms with E-state index < -0.39 is 23.9 Å². The zero-order chi connectivity index (χ0) is 14.7. The normalized spacial score (nSPS) is 14.8. The minimum Gasteiger partial charge on any atom is -0.479 e. The third kappa shape index (κ3) is 3.05. The number of anilines is 1. The van der Waals surface area contributed by atoms with Crippen LogP contribution in [-0.4, -0.2) is 41.4 Å². The van der Waals surface area contributed by atoms with Crippen LogP contribution in [0.5, 0.6) is 0 Å². The fraction of sp³-hybridized carbons (Fsp3) is 0.385. The summed E-state index contributed by atoms with van der Waals surface area (Å²) in [6.45, 7) is 0.486. The number of carbonyl (C=O) groups excluding carboxylic acids is 1. The molecule has 0 spiro atoms. The predicted molar refractivity (Wildman–Crippen MR) is 69.1 cm³/mol. The Bertz CT molecular complexity index is 535. The fourth-order valence-corrected chi connectivity index (χ4v) is 2.10. The average molecular weight is 282 g/mol. The molecule has 0 saturated carbocycles. The lowest BCUT2D eigenvalue weighted by molar-refractivity contribution is -0.146. The van der Waals surface area contributed by atoms with Crippen molar-refractivity contribution < 1.29 is 24.2 Å². The van der Waals surface area contributed by atoms with Crippen LogP contribution in [0.4, 0.5) is 14.9 Å². The molecule has 1 aliphatic heterocycles. The molecule has 1 aliphatic rings. The third-order valence-corrected chi connectivity index (χ3v) is 3.17. The smallest absolute Gasteiger partial charge is 0.332 e. The molecule has 1 heterocycles. The molecule has 2 amide bonds. The Morgan fingerprint density at radius 3 is 2.90 bits per heavy atom. The van der Waals surface area contributed by atoms with Crippen molar-refractivity contribution in [2.24, 2.45) is 0 Å². The van der Waals surface area contributed by atoms with Gasteiger partial charge in [0.15, 0.2) is 6.10 Å². The molecule has 0 aromatic heterocycles. The number of nitrogens with one attached hydrogen (secondary N) is 1. The van der Waals surface area contributed by atoms with Crippen LogP contribution in [0.2, 0.25) is 0 Å². The van der Waals surface area contributed by atoms with Crippen molar-refractivity contribution in [2.45, 2.75) is 18.9 Å². The van der Waals surface area contributed by atoms with Crippen LogP contribution < -0.4 is 10.2 Å². The molecule has 20 heavy (non-hydrogen) atoms. The van der Waals surface area contributed by atoms with E-state index in [1.165, 1.54) is 17.0 Å².